The summed E-state index contributed by atoms with van der Waals surface area (Å²) in [6, 6.07) is 0. The summed E-state index contributed by atoms with van der Waals surface area (Å²) >= 11 is 7.56. The van der Waals surface area contributed by atoms with Crippen molar-refractivity contribution < 1.29 is 4.79 Å². The van der Waals surface area contributed by atoms with Crippen molar-refractivity contribution in [3.63, 3.8) is 0 Å². The zero-order valence-corrected chi connectivity index (χ0v) is 11.0. The number of aryl methyl sites for hydroxylation is 2. The zero-order chi connectivity index (χ0) is 11.7. The summed E-state index contributed by atoms with van der Waals surface area (Å²) in [5.41, 5.74) is 0.803. The molecular formula is C11H15ClN2OS. The van der Waals surface area contributed by atoms with E-state index in [-0.39, 0.29) is 11.3 Å². The molecule has 0 aromatic carbocycles. The summed E-state index contributed by atoms with van der Waals surface area (Å²) in [6.45, 7) is 4.32. The van der Waals surface area contributed by atoms with Crippen LogP contribution in [0.25, 0.3) is 0 Å². The van der Waals surface area contributed by atoms with E-state index in [1.807, 2.05) is 13.8 Å². The smallest absolute Gasteiger partial charge is 0.263 e. The number of alkyl halides is 1. The fourth-order valence-corrected chi connectivity index (χ4v) is 2.80. The molecule has 1 saturated carbocycles. The molecule has 3 nitrogen and oxygen atoms in total. The minimum absolute atomic E-state index is 0.0469. The molecule has 0 spiro atoms. The maximum absolute atomic E-state index is 11.8. The molecule has 5 heteroatoms. The predicted octanol–water partition coefficient (Wildman–Crippen LogP) is 2.51. The van der Waals surface area contributed by atoms with Gasteiger partial charge in [0.05, 0.1) is 16.1 Å². The van der Waals surface area contributed by atoms with Crippen molar-refractivity contribution in [2.45, 2.75) is 32.1 Å². The molecule has 0 aliphatic heterocycles. The number of halogens is 1. The van der Waals surface area contributed by atoms with Crippen LogP contribution in [0, 0.1) is 19.8 Å². The van der Waals surface area contributed by atoms with Gasteiger partial charge in [0.1, 0.15) is 4.88 Å². The highest BCUT2D eigenvalue weighted by Crippen LogP contribution is 2.35. The van der Waals surface area contributed by atoms with E-state index in [0.29, 0.717) is 17.3 Å². The molecule has 1 N–H and O–H groups in total. The van der Waals surface area contributed by atoms with Crippen LogP contribution in [-0.4, -0.2) is 22.8 Å². The minimum Gasteiger partial charge on any atom is -0.350 e. The number of nitrogens with zero attached hydrogens (tertiary/aromatic N) is 1. The summed E-state index contributed by atoms with van der Waals surface area (Å²) in [7, 11) is 0. The van der Waals surface area contributed by atoms with E-state index in [9.17, 15) is 4.79 Å². The number of carbonyl (C=O) groups excluding carboxylic acids is 1. The van der Waals surface area contributed by atoms with Gasteiger partial charge in [-0.2, -0.15) is 0 Å². The highest BCUT2D eigenvalue weighted by Gasteiger charge is 2.30. The maximum atomic E-state index is 11.8. The molecule has 0 radical (unpaired) electrons. The van der Waals surface area contributed by atoms with Crippen molar-refractivity contribution in [3.8, 4) is 0 Å². The second kappa shape index (κ2) is 4.72. The van der Waals surface area contributed by atoms with Crippen LogP contribution in [0.4, 0.5) is 0 Å². The number of carbonyl (C=O) groups is 1. The summed E-state index contributed by atoms with van der Waals surface area (Å²) in [6.07, 6.45) is 2.39. The molecule has 1 aliphatic rings. The molecule has 88 valence electrons. The third-order valence-electron chi connectivity index (χ3n) is 2.70. The topological polar surface area (TPSA) is 42.0 Å². The Hall–Kier alpha value is -0.610. The maximum Gasteiger partial charge on any atom is 0.263 e. The Balaban J connectivity index is 1.89. The number of hydrogen-bond acceptors (Lipinski definition) is 3. The normalized spacial score (nSPS) is 17.2. The molecule has 1 aromatic rings. The molecule has 1 fully saturated rings. The van der Waals surface area contributed by atoms with Gasteiger partial charge in [-0.1, -0.05) is 0 Å². The van der Waals surface area contributed by atoms with E-state index in [0.717, 1.165) is 10.7 Å². The van der Waals surface area contributed by atoms with E-state index in [4.69, 9.17) is 11.6 Å². The van der Waals surface area contributed by atoms with Crippen molar-refractivity contribution in [2.75, 3.05) is 6.54 Å². The molecule has 1 amide bonds. The second-order valence-electron chi connectivity index (χ2n) is 4.21. The quantitative estimate of drug-likeness (QED) is 0.844. The lowest BCUT2D eigenvalue weighted by Crippen LogP contribution is -2.30. The number of rotatable bonds is 4. The monoisotopic (exact) mass is 258 g/mol. The SMILES string of the molecule is Cc1nc(C)c(C(=O)NCC(Cl)C2CC2)s1. The van der Waals surface area contributed by atoms with Crippen LogP contribution >= 0.6 is 22.9 Å². The van der Waals surface area contributed by atoms with Gasteiger partial charge in [0.25, 0.3) is 5.91 Å². The van der Waals surface area contributed by atoms with Crippen molar-refractivity contribution in [1.29, 1.82) is 0 Å². The average molecular weight is 259 g/mol. The van der Waals surface area contributed by atoms with Crippen LogP contribution in [-0.2, 0) is 0 Å². The molecule has 0 bridgehead atoms. The lowest BCUT2D eigenvalue weighted by atomic mass is 10.3. The number of hydrogen-bond donors (Lipinski definition) is 1. The van der Waals surface area contributed by atoms with Crippen molar-refractivity contribution in [3.05, 3.63) is 15.6 Å². The van der Waals surface area contributed by atoms with Gasteiger partial charge in [0.2, 0.25) is 0 Å². The Kier molecular flexibility index (Phi) is 3.50. The average Bonchev–Trinajstić information content (AvgIpc) is 3.01. The fourth-order valence-electron chi connectivity index (χ4n) is 1.64. The first-order chi connectivity index (χ1) is 7.58. The fraction of sp³-hybridized carbons (Fsp3) is 0.636. The highest BCUT2D eigenvalue weighted by molar-refractivity contribution is 7.13. The van der Waals surface area contributed by atoms with E-state index >= 15 is 0 Å². The van der Waals surface area contributed by atoms with Crippen LogP contribution in [0.3, 0.4) is 0 Å². The second-order valence-corrected chi connectivity index (χ2v) is 5.97. The summed E-state index contributed by atoms with van der Waals surface area (Å²) in [5.74, 6) is 0.556. The van der Waals surface area contributed by atoms with Gasteiger partial charge in [0.15, 0.2) is 0 Å². The Morgan fingerprint density at radius 2 is 2.31 bits per heavy atom. The summed E-state index contributed by atoms with van der Waals surface area (Å²) < 4.78 is 0. The summed E-state index contributed by atoms with van der Waals surface area (Å²) in [5, 5.41) is 3.88. The first-order valence-electron chi connectivity index (χ1n) is 5.44. The van der Waals surface area contributed by atoms with Gasteiger partial charge < -0.3 is 5.32 Å². The first-order valence-corrected chi connectivity index (χ1v) is 6.69. The number of thiazole rings is 1. The zero-order valence-electron chi connectivity index (χ0n) is 9.42. The molecule has 1 heterocycles. The Bertz CT molecular complexity index is 401. The minimum atomic E-state index is -0.0469. The predicted molar refractivity (Wildman–Crippen MR) is 66.3 cm³/mol. The van der Waals surface area contributed by atoms with E-state index < -0.39 is 0 Å². The summed E-state index contributed by atoms with van der Waals surface area (Å²) in [4.78, 5) is 16.8. The van der Waals surface area contributed by atoms with E-state index in [1.165, 1.54) is 24.2 Å². The standard InChI is InChI=1S/C11H15ClN2OS/c1-6-10(16-7(2)14-6)11(15)13-5-9(12)8-3-4-8/h8-9H,3-5H2,1-2H3,(H,13,15). The largest absolute Gasteiger partial charge is 0.350 e. The van der Waals surface area contributed by atoms with Gasteiger partial charge in [0, 0.05) is 6.54 Å². The van der Waals surface area contributed by atoms with Crippen LogP contribution in [0.15, 0.2) is 0 Å². The van der Waals surface area contributed by atoms with E-state index in [1.54, 1.807) is 0 Å². The number of nitrogens with one attached hydrogen (secondary N) is 1. The Labute approximate surface area is 104 Å². The van der Waals surface area contributed by atoms with Crippen molar-refractivity contribution in [1.82, 2.24) is 10.3 Å². The van der Waals surface area contributed by atoms with Crippen molar-refractivity contribution in [2.24, 2.45) is 5.92 Å². The van der Waals surface area contributed by atoms with E-state index in [2.05, 4.69) is 10.3 Å². The number of amides is 1. The highest BCUT2D eigenvalue weighted by atomic mass is 35.5. The van der Waals surface area contributed by atoms with Gasteiger partial charge in [-0.15, -0.1) is 22.9 Å². The first kappa shape index (κ1) is 11.9. The van der Waals surface area contributed by atoms with Crippen molar-refractivity contribution >= 4 is 28.8 Å². The third kappa shape index (κ3) is 2.74. The van der Waals surface area contributed by atoms with Gasteiger partial charge >= 0.3 is 0 Å². The van der Waals surface area contributed by atoms with Gasteiger partial charge in [-0.25, -0.2) is 4.98 Å². The Morgan fingerprint density at radius 3 is 2.81 bits per heavy atom. The number of aromatic nitrogens is 1. The van der Waals surface area contributed by atoms with Crippen LogP contribution in [0.2, 0.25) is 0 Å². The van der Waals surface area contributed by atoms with Crippen LogP contribution in [0.1, 0.15) is 33.2 Å². The van der Waals surface area contributed by atoms with Crippen LogP contribution < -0.4 is 5.32 Å². The van der Waals surface area contributed by atoms with Gasteiger partial charge in [-0.05, 0) is 32.6 Å². The molecule has 1 unspecified atom stereocenters. The molecule has 1 aromatic heterocycles. The lowest BCUT2D eigenvalue weighted by Gasteiger charge is -2.08. The molecule has 16 heavy (non-hydrogen) atoms. The molecule has 0 saturated heterocycles. The lowest BCUT2D eigenvalue weighted by molar-refractivity contribution is 0.0956. The Morgan fingerprint density at radius 1 is 1.62 bits per heavy atom. The molecule has 1 aliphatic carbocycles. The van der Waals surface area contributed by atoms with Crippen LogP contribution in [0.5, 0.6) is 0 Å². The van der Waals surface area contributed by atoms with Gasteiger partial charge in [-0.3, -0.25) is 4.79 Å². The molecule has 1 atom stereocenters. The molecular weight excluding hydrogens is 244 g/mol. The molecule has 2 rings (SSSR count). The third-order valence-corrected chi connectivity index (χ3v) is 4.28.